The lowest BCUT2D eigenvalue weighted by atomic mass is 10.2. The summed E-state index contributed by atoms with van der Waals surface area (Å²) in [6, 6.07) is 3.54. The van der Waals surface area contributed by atoms with Crippen molar-refractivity contribution in [1.29, 1.82) is 0 Å². The smallest absolute Gasteiger partial charge is 0.254 e. The van der Waals surface area contributed by atoms with Gasteiger partial charge in [-0.25, -0.2) is 9.97 Å². The Kier molecular flexibility index (Phi) is 4.98. The molecule has 1 N–H and O–H groups in total. The average molecular weight is 344 g/mol. The Hall–Kier alpha value is -2.48. The average Bonchev–Trinajstić information content (AvgIpc) is 3.12. The van der Waals surface area contributed by atoms with Crippen molar-refractivity contribution in [3.05, 3.63) is 35.5 Å². The van der Waals surface area contributed by atoms with E-state index in [0.717, 1.165) is 11.6 Å². The van der Waals surface area contributed by atoms with Crippen LogP contribution >= 0.6 is 0 Å². The van der Waals surface area contributed by atoms with Gasteiger partial charge < -0.3 is 14.5 Å². The first kappa shape index (κ1) is 17.3. The third-order valence-electron chi connectivity index (χ3n) is 4.15. The minimum atomic E-state index is -0.284. The Morgan fingerprint density at radius 1 is 1.44 bits per heavy atom. The summed E-state index contributed by atoms with van der Waals surface area (Å²) >= 11 is 0. The van der Waals surface area contributed by atoms with Crippen molar-refractivity contribution < 1.29 is 9.53 Å². The molecule has 134 valence electrons. The first-order chi connectivity index (χ1) is 12.0. The van der Waals surface area contributed by atoms with Gasteiger partial charge in [0.15, 0.2) is 11.6 Å². The highest BCUT2D eigenvalue weighted by molar-refractivity contribution is 5.95. The molecule has 0 bridgehead atoms. The molecule has 1 atom stereocenters. The van der Waals surface area contributed by atoms with Gasteiger partial charge in [0, 0.05) is 38.3 Å². The monoisotopic (exact) mass is 344 g/mol. The molecule has 0 saturated carbocycles. The van der Waals surface area contributed by atoms with Crippen LogP contribution in [0, 0.1) is 0 Å². The standard InChI is InChI=1S/C17H24N6O2/c1-11(2)15-19-16(21-20-15)13-10-23(7-8-25-13)17(24)12-5-6-18-14(9-12)22(3)4/h5-6,9,11,13H,7-8,10H2,1-4H3,(H,19,20,21)/t13-/m1/s1. The minimum Gasteiger partial charge on any atom is -0.367 e. The molecule has 3 rings (SSSR count). The number of carbonyl (C=O) groups is 1. The number of H-pyrrole nitrogens is 1. The molecule has 0 unspecified atom stereocenters. The Bertz CT molecular complexity index is 742. The third-order valence-corrected chi connectivity index (χ3v) is 4.15. The van der Waals surface area contributed by atoms with E-state index >= 15 is 0 Å². The van der Waals surface area contributed by atoms with Crippen LogP contribution in [0.25, 0.3) is 0 Å². The van der Waals surface area contributed by atoms with Gasteiger partial charge in [0.2, 0.25) is 0 Å². The van der Waals surface area contributed by atoms with Crippen molar-refractivity contribution in [2.75, 3.05) is 38.7 Å². The van der Waals surface area contributed by atoms with Gasteiger partial charge in [-0.1, -0.05) is 13.8 Å². The fraction of sp³-hybridized carbons (Fsp3) is 0.529. The number of hydrogen-bond donors (Lipinski definition) is 1. The Labute approximate surface area is 147 Å². The second-order valence-corrected chi connectivity index (χ2v) is 6.64. The molecule has 1 amide bonds. The van der Waals surface area contributed by atoms with Gasteiger partial charge in [-0.2, -0.15) is 5.10 Å². The van der Waals surface area contributed by atoms with Gasteiger partial charge in [0.05, 0.1) is 13.2 Å². The Morgan fingerprint density at radius 3 is 2.92 bits per heavy atom. The number of amides is 1. The van der Waals surface area contributed by atoms with Crippen molar-refractivity contribution in [3.63, 3.8) is 0 Å². The fourth-order valence-corrected chi connectivity index (χ4v) is 2.67. The van der Waals surface area contributed by atoms with Crippen molar-refractivity contribution in [1.82, 2.24) is 25.1 Å². The maximum atomic E-state index is 12.8. The minimum absolute atomic E-state index is 0.0256. The van der Waals surface area contributed by atoms with Crippen molar-refractivity contribution in [2.24, 2.45) is 0 Å². The zero-order valence-corrected chi connectivity index (χ0v) is 15.1. The lowest BCUT2D eigenvalue weighted by Gasteiger charge is -2.32. The number of hydrogen-bond acceptors (Lipinski definition) is 6. The lowest BCUT2D eigenvalue weighted by Crippen LogP contribution is -2.42. The normalized spacial score (nSPS) is 17.8. The van der Waals surface area contributed by atoms with Gasteiger partial charge in [0.1, 0.15) is 11.9 Å². The van der Waals surface area contributed by atoms with E-state index in [4.69, 9.17) is 4.74 Å². The van der Waals surface area contributed by atoms with Crippen LogP contribution in [0.1, 0.15) is 47.9 Å². The number of rotatable bonds is 4. The molecule has 2 aromatic rings. The van der Waals surface area contributed by atoms with E-state index in [1.807, 2.05) is 32.8 Å². The predicted octanol–water partition coefficient (Wildman–Crippen LogP) is 1.60. The van der Waals surface area contributed by atoms with Gasteiger partial charge in [-0.3, -0.25) is 9.89 Å². The van der Waals surface area contributed by atoms with E-state index in [2.05, 4.69) is 20.2 Å². The number of aromatic nitrogens is 4. The number of anilines is 1. The number of pyridine rings is 1. The molecule has 8 nitrogen and oxygen atoms in total. The highest BCUT2D eigenvalue weighted by Crippen LogP contribution is 2.22. The summed E-state index contributed by atoms with van der Waals surface area (Å²) in [6.07, 6.45) is 1.37. The zero-order chi connectivity index (χ0) is 18.0. The molecule has 2 aromatic heterocycles. The summed E-state index contributed by atoms with van der Waals surface area (Å²) in [7, 11) is 3.80. The van der Waals surface area contributed by atoms with Crippen LogP contribution in [0.5, 0.6) is 0 Å². The number of morpholine rings is 1. The molecular formula is C17H24N6O2. The second-order valence-electron chi connectivity index (χ2n) is 6.64. The summed E-state index contributed by atoms with van der Waals surface area (Å²) in [5.41, 5.74) is 0.625. The molecule has 0 spiro atoms. The van der Waals surface area contributed by atoms with E-state index in [1.54, 1.807) is 23.2 Å². The van der Waals surface area contributed by atoms with Gasteiger partial charge in [0.25, 0.3) is 5.91 Å². The van der Waals surface area contributed by atoms with E-state index in [9.17, 15) is 4.79 Å². The molecule has 0 aliphatic carbocycles. The number of ether oxygens (including phenoxy) is 1. The molecule has 3 heterocycles. The van der Waals surface area contributed by atoms with Crippen LogP contribution in [-0.2, 0) is 4.74 Å². The highest BCUT2D eigenvalue weighted by Gasteiger charge is 2.28. The number of carbonyl (C=O) groups excluding carboxylic acids is 1. The van der Waals surface area contributed by atoms with Gasteiger partial charge >= 0.3 is 0 Å². The van der Waals surface area contributed by atoms with Crippen LogP contribution in [0.15, 0.2) is 18.3 Å². The quantitative estimate of drug-likeness (QED) is 0.906. The molecule has 8 heteroatoms. The van der Waals surface area contributed by atoms with Crippen LogP contribution in [0.2, 0.25) is 0 Å². The van der Waals surface area contributed by atoms with Crippen molar-refractivity contribution in [3.8, 4) is 0 Å². The molecule has 1 saturated heterocycles. The van der Waals surface area contributed by atoms with Crippen LogP contribution in [-0.4, -0.2) is 64.8 Å². The third kappa shape index (κ3) is 3.79. The van der Waals surface area contributed by atoms with E-state index in [1.165, 1.54) is 0 Å². The van der Waals surface area contributed by atoms with Crippen molar-refractivity contribution in [2.45, 2.75) is 25.9 Å². The molecule has 0 radical (unpaired) electrons. The van der Waals surface area contributed by atoms with Crippen LogP contribution in [0.3, 0.4) is 0 Å². The molecule has 1 aliphatic heterocycles. The Morgan fingerprint density at radius 2 is 2.24 bits per heavy atom. The van der Waals surface area contributed by atoms with Crippen LogP contribution < -0.4 is 4.90 Å². The highest BCUT2D eigenvalue weighted by atomic mass is 16.5. The summed E-state index contributed by atoms with van der Waals surface area (Å²) in [4.78, 5) is 25.3. The molecule has 1 aliphatic rings. The first-order valence-corrected chi connectivity index (χ1v) is 8.42. The van der Waals surface area contributed by atoms with Crippen LogP contribution in [0.4, 0.5) is 5.82 Å². The summed E-state index contributed by atoms with van der Waals surface area (Å²) in [6.45, 7) is 5.55. The first-order valence-electron chi connectivity index (χ1n) is 8.42. The van der Waals surface area contributed by atoms with E-state index < -0.39 is 0 Å². The van der Waals surface area contributed by atoms with E-state index in [0.29, 0.717) is 31.1 Å². The molecule has 0 aromatic carbocycles. The largest absolute Gasteiger partial charge is 0.367 e. The maximum absolute atomic E-state index is 12.8. The van der Waals surface area contributed by atoms with Gasteiger partial charge in [-0.05, 0) is 12.1 Å². The molecule has 25 heavy (non-hydrogen) atoms. The Balaban J connectivity index is 1.74. The second kappa shape index (κ2) is 7.18. The molecule has 1 fully saturated rings. The van der Waals surface area contributed by atoms with E-state index in [-0.39, 0.29) is 17.9 Å². The summed E-state index contributed by atoms with van der Waals surface area (Å²) in [5, 5.41) is 7.16. The predicted molar refractivity (Wildman–Crippen MR) is 93.6 cm³/mol. The lowest BCUT2D eigenvalue weighted by molar-refractivity contribution is -0.0266. The number of nitrogens with zero attached hydrogens (tertiary/aromatic N) is 5. The molecular weight excluding hydrogens is 320 g/mol. The summed E-state index contributed by atoms with van der Waals surface area (Å²) in [5.74, 6) is 2.40. The zero-order valence-electron chi connectivity index (χ0n) is 15.1. The maximum Gasteiger partial charge on any atom is 0.254 e. The fourth-order valence-electron chi connectivity index (χ4n) is 2.67. The summed E-state index contributed by atoms with van der Waals surface area (Å²) < 4.78 is 5.79. The topological polar surface area (TPSA) is 87.2 Å². The number of nitrogens with one attached hydrogen (secondary N) is 1. The van der Waals surface area contributed by atoms with Crippen molar-refractivity contribution >= 4 is 11.7 Å². The van der Waals surface area contributed by atoms with Gasteiger partial charge in [-0.15, -0.1) is 0 Å². The number of aromatic amines is 1. The SMILES string of the molecule is CC(C)c1n[nH]c([C@H]2CN(C(=O)c3ccnc(N(C)C)c3)CCO2)n1.